The Balaban J connectivity index is 2.03. The Morgan fingerprint density at radius 3 is 3.12 bits per heavy atom. The molecule has 1 fully saturated rings. The number of nitrogens with zero attached hydrogens (tertiary/aromatic N) is 3. The van der Waals surface area contributed by atoms with Crippen LogP contribution in [0, 0.1) is 0 Å². The minimum Gasteiger partial charge on any atom is -0.356 e. The summed E-state index contributed by atoms with van der Waals surface area (Å²) in [5, 5.41) is 5.48. The van der Waals surface area contributed by atoms with Crippen LogP contribution in [-0.4, -0.2) is 29.2 Å². The van der Waals surface area contributed by atoms with E-state index in [1.165, 1.54) is 6.42 Å². The van der Waals surface area contributed by atoms with Gasteiger partial charge in [-0.25, -0.2) is 9.67 Å². The van der Waals surface area contributed by atoms with Crippen molar-refractivity contribution in [3.63, 3.8) is 0 Å². The molecule has 0 bridgehead atoms. The third-order valence-corrected chi connectivity index (χ3v) is 3.00. The van der Waals surface area contributed by atoms with Crippen LogP contribution in [0.1, 0.15) is 25.5 Å². The molecular formula is C11H14BN3O. The van der Waals surface area contributed by atoms with E-state index in [-0.39, 0.29) is 6.23 Å². The van der Waals surface area contributed by atoms with Gasteiger partial charge in [0.15, 0.2) is 11.9 Å². The van der Waals surface area contributed by atoms with E-state index in [1.807, 2.05) is 24.9 Å². The van der Waals surface area contributed by atoms with Crippen molar-refractivity contribution in [2.45, 2.75) is 25.5 Å². The van der Waals surface area contributed by atoms with Crippen molar-refractivity contribution >= 4 is 24.3 Å². The Morgan fingerprint density at radius 2 is 2.31 bits per heavy atom. The van der Waals surface area contributed by atoms with Crippen LogP contribution in [0.3, 0.4) is 0 Å². The molecule has 5 heteroatoms. The van der Waals surface area contributed by atoms with Gasteiger partial charge in [0, 0.05) is 18.2 Å². The summed E-state index contributed by atoms with van der Waals surface area (Å²) in [4.78, 5) is 4.44. The molecule has 0 amide bonds. The minimum absolute atomic E-state index is 0.0708. The van der Waals surface area contributed by atoms with Gasteiger partial charge in [-0.1, -0.05) is 11.5 Å². The fraction of sp³-hybridized carbons (Fsp3) is 0.455. The quantitative estimate of drug-likeness (QED) is 0.646. The van der Waals surface area contributed by atoms with Gasteiger partial charge < -0.3 is 4.74 Å². The van der Waals surface area contributed by atoms with Gasteiger partial charge in [0.25, 0.3) is 0 Å². The summed E-state index contributed by atoms with van der Waals surface area (Å²) < 4.78 is 7.63. The molecule has 0 radical (unpaired) electrons. The largest absolute Gasteiger partial charge is 0.356 e. The summed E-state index contributed by atoms with van der Waals surface area (Å²) in [6.45, 7) is 0.831. The van der Waals surface area contributed by atoms with E-state index >= 15 is 0 Å². The second kappa shape index (κ2) is 3.90. The van der Waals surface area contributed by atoms with Crippen LogP contribution >= 0.6 is 0 Å². The van der Waals surface area contributed by atoms with E-state index in [9.17, 15) is 0 Å². The lowest BCUT2D eigenvalue weighted by Gasteiger charge is -2.22. The molecule has 2 aromatic rings. The fourth-order valence-corrected chi connectivity index (χ4v) is 2.18. The first-order valence-corrected chi connectivity index (χ1v) is 5.76. The highest BCUT2D eigenvalue weighted by Gasteiger charge is 2.18. The lowest BCUT2D eigenvalue weighted by atomic mass is 9.98. The number of fused-ring (bicyclic) bond motifs is 1. The van der Waals surface area contributed by atoms with Gasteiger partial charge in [-0.2, -0.15) is 5.10 Å². The third kappa shape index (κ3) is 1.61. The molecule has 1 aliphatic heterocycles. The minimum atomic E-state index is 0.0708. The first-order valence-electron chi connectivity index (χ1n) is 5.76. The number of aromatic nitrogens is 3. The van der Waals surface area contributed by atoms with Crippen molar-refractivity contribution in [2.75, 3.05) is 6.61 Å². The van der Waals surface area contributed by atoms with E-state index in [2.05, 4.69) is 16.1 Å². The number of hydrogen-bond acceptors (Lipinski definition) is 3. The third-order valence-electron chi connectivity index (χ3n) is 3.00. The molecule has 1 unspecified atom stereocenters. The van der Waals surface area contributed by atoms with Crippen LogP contribution in [0.5, 0.6) is 0 Å². The van der Waals surface area contributed by atoms with E-state index in [0.717, 1.165) is 35.9 Å². The second-order valence-corrected chi connectivity index (χ2v) is 4.34. The first-order chi connectivity index (χ1) is 7.84. The molecule has 3 rings (SSSR count). The van der Waals surface area contributed by atoms with Crippen LogP contribution in [0.15, 0.2) is 18.5 Å². The molecule has 1 aliphatic rings. The van der Waals surface area contributed by atoms with Crippen LogP contribution in [0.25, 0.3) is 11.0 Å². The van der Waals surface area contributed by atoms with Crippen molar-refractivity contribution in [3.8, 4) is 0 Å². The molecule has 0 aliphatic carbocycles. The molecule has 82 valence electrons. The van der Waals surface area contributed by atoms with Crippen molar-refractivity contribution in [3.05, 3.63) is 18.5 Å². The summed E-state index contributed by atoms with van der Waals surface area (Å²) in [6.07, 6.45) is 7.21. The topological polar surface area (TPSA) is 39.9 Å². The molecule has 0 aromatic carbocycles. The zero-order valence-electron chi connectivity index (χ0n) is 9.39. The standard InChI is InChI=1S/C11H14BN3O/c12-9-5-8-6-14-15(11(8)13-7-9)10-3-1-2-4-16-10/h5-7,10H,1-4,12H2. The average Bonchev–Trinajstić information content (AvgIpc) is 2.73. The maximum Gasteiger partial charge on any atom is 0.160 e. The zero-order chi connectivity index (χ0) is 11.0. The Hall–Kier alpha value is -1.36. The van der Waals surface area contributed by atoms with Crippen molar-refractivity contribution < 1.29 is 4.74 Å². The number of pyridine rings is 1. The van der Waals surface area contributed by atoms with E-state index in [1.54, 1.807) is 0 Å². The van der Waals surface area contributed by atoms with Gasteiger partial charge in [-0.15, -0.1) is 0 Å². The zero-order valence-corrected chi connectivity index (χ0v) is 9.39. The summed E-state index contributed by atoms with van der Waals surface area (Å²) in [5.74, 6) is 0. The van der Waals surface area contributed by atoms with Crippen LogP contribution in [0.2, 0.25) is 0 Å². The van der Waals surface area contributed by atoms with Gasteiger partial charge >= 0.3 is 0 Å². The second-order valence-electron chi connectivity index (χ2n) is 4.34. The predicted molar refractivity (Wildman–Crippen MR) is 64.5 cm³/mol. The Kier molecular flexibility index (Phi) is 2.40. The number of hydrogen-bond donors (Lipinski definition) is 0. The fourth-order valence-electron chi connectivity index (χ4n) is 2.18. The Bertz CT molecular complexity index is 505. The van der Waals surface area contributed by atoms with Crippen LogP contribution in [0.4, 0.5) is 0 Å². The molecule has 0 saturated carbocycles. The lowest BCUT2D eigenvalue weighted by molar-refractivity contribution is -0.0370. The monoisotopic (exact) mass is 215 g/mol. The normalized spacial score (nSPS) is 21.4. The Morgan fingerprint density at radius 1 is 1.38 bits per heavy atom. The summed E-state index contributed by atoms with van der Waals surface area (Å²) in [7, 11) is 2.04. The number of ether oxygens (including phenoxy) is 1. The first kappa shape index (κ1) is 9.84. The lowest BCUT2D eigenvalue weighted by Crippen LogP contribution is -2.19. The summed E-state index contributed by atoms with van der Waals surface area (Å²) in [5.41, 5.74) is 2.09. The van der Waals surface area contributed by atoms with E-state index in [0.29, 0.717) is 0 Å². The highest BCUT2D eigenvalue weighted by molar-refractivity contribution is 6.32. The smallest absolute Gasteiger partial charge is 0.160 e. The maximum atomic E-state index is 5.72. The molecule has 4 nitrogen and oxygen atoms in total. The van der Waals surface area contributed by atoms with Crippen molar-refractivity contribution in [1.29, 1.82) is 0 Å². The van der Waals surface area contributed by atoms with Crippen molar-refractivity contribution in [1.82, 2.24) is 14.8 Å². The predicted octanol–water partition coefficient (Wildman–Crippen LogP) is 0.389. The molecule has 16 heavy (non-hydrogen) atoms. The maximum absolute atomic E-state index is 5.72. The summed E-state index contributed by atoms with van der Waals surface area (Å²) >= 11 is 0. The molecule has 0 N–H and O–H groups in total. The molecule has 2 aromatic heterocycles. The molecule has 0 spiro atoms. The molecular weight excluding hydrogens is 201 g/mol. The highest BCUT2D eigenvalue weighted by Crippen LogP contribution is 2.24. The van der Waals surface area contributed by atoms with Crippen LogP contribution < -0.4 is 5.46 Å². The van der Waals surface area contributed by atoms with Gasteiger partial charge in [0.05, 0.1) is 6.20 Å². The Labute approximate surface area is 95.0 Å². The van der Waals surface area contributed by atoms with Gasteiger partial charge in [-0.3, -0.25) is 0 Å². The SMILES string of the molecule is Bc1cnc2c(cnn2C2CCCCO2)c1. The molecule has 1 saturated heterocycles. The average molecular weight is 215 g/mol. The van der Waals surface area contributed by atoms with Crippen LogP contribution in [-0.2, 0) is 4.74 Å². The van der Waals surface area contributed by atoms with Crippen molar-refractivity contribution in [2.24, 2.45) is 0 Å². The highest BCUT2D eigenvalue weighted by atomic mass is 16.5. The van der Waals surface area contributed by atoms with Gasteiger partial charge in [-0.05, 0) is 19.3 Å². The van der Waals surface area contributed by atoms with E-state index in [4.69, 9.17) is 4.74 Å². The van der Waals surface area contributed by atoms with Gasteiger partial charge in [0.1, 0.15) is 7.85 Å². The number of rotatable bonds is 1. The van der Waals surface area contributed by atoms with E-state index < -0.39 is 0 Å². The van der Waals surface area contributed by atoms with Gasteiger partial charge in [0.2, 0.25) is 0 Å². The molecule has 1 atom stereocenters. The molecule has 3 heterocycles. The summed E-state index contributed by atoms with van der Waals surface area (Å²) in [6, 6.07) is 2.11.